The van der Waals surface area contributed by atoms with Gasteiger partial charge in [-0.1, -0.05) is 166 Å². The van der Waals surface area contributed by atoms with Gasteiger partial charge in [-0.3, -0.25) is 5.32 Å². The summed E-state index contributed by atoms with van der Waals surface area (Å²) in [6, 6.07) is 54.3. The molecule has 1 aliphatic carbocycles. The van der Waals surface area contributed by atoms with Gasteiger partial charge in [-0.2, -0.15) is 0 Å². The van der Waals surface area contributed by atoms with Crippen LogP contribution in [0.3, 0.4) is 0 Å². The molecule has 1 aliphatic heterocycles. The van der Waals surface area contributed by atoms with Crippen molar-refractivity contribution >= 4 is 5.84 Å². The Labute approximate surface area is 265 Å². The van der Waals surface area contributed by atoms with Gasteiger partial charge in [0.2, 0.25) is 0 Å². The van der Waals surface area contributed by atoms with Crippen LogP contribution in [-0.4, -0.2) is 5.84 Å². The molecule has 8 rings (SSSR count). The molecule has 1 heterocycles. The highest BCUT2D eigenvalue weighted by molar-refractivity contribution is 5.99. The molecule has 45 heavy (non-hydrogen) atoms. The second-order valence-electron chi connectivity index (χ2n) is 12.5. The van der Waals surface area contributed by atoms with Gasteiger partial charge in [0.15, 0.2) is 0 Å². The first kappa shape index (κ1) is 27.3. The Hall–Kier alpha value is -5.25. The third-order valence-corrected chi connectivity index (χ3v) is 9.41. The van der Waals surface area contributed by atoms with E-state index in [-0.39, 0.29) is 17.7 Å². The van der Waals surface area contributed by atoms with Gasteiger partial charge in [0, 0.05) is 11.0 Å². The van der Waals surface area contributed by atoms with E-state index in [4.69, 9.17) is 4.99 Å². The topological polar surface area (TPSA) is 36.4 Å². The summed E-state index contributed by atoms with van der Waals surface area (Å²) < 4.78 is 0. The van der Waals surface area contributed by atoms with Gasteiger partial charge in [-0.05, 0) is 55.6 Å². The number of aliphatic imine (C=N–C) groups is 1. The lowest BCUT2D eigenvalue weighted by Crippen LogP contribution is -2.45. The van der Waals surface area contributed by atoms with E-state index in [0.717, 1.165) is 17.0 Å². The molecule has 0 fully saturated rings. The van der Waals surface area contributed by atoms with Gasteiger partial charge in [0.05, 0.1) is 0 Å². The smallest absolute Gasteiger partial charge is 0.131 e. The molecule has 2 N–H and O–H groups in total. The molecular formula is C42H35N3. The first-order valence-electron chi connectivity index (χ1n) is 15.7. The first-order chi connectivity index (χ1) is 22.1. The summed E-state index contributed by atoms with van der Waals surface area (Å²) in [4.78, 5) is 5.22. The lowest BCUT2D eigenvalue weighted by atomic mass is 9.82. The summed E-state index contributed by atoms with van der Waals surface area (Å²) in [5, 5.41) is 7.42. The summed E-state index contributed by atoms with van der Waals surface area (Å²) in [6.45, 7) is 4.68. The van der Waals surface area contributed by atoms with Crippen LogP contribution in [0.2, 0.25) is 0 Å². The zero-order valence-corrected chi connectivity index (χ0v) is 25.5. The molecule has 0 radical (unpaired) electrons. The van der Waals surface area contributed by atoms with Crippen molar-refractivity contribution in [1.29, 1.82) is 0 Å². The van der Waals surface area contributed by atoms with Crippen LogP contribution in [0.4, 0.5) is 0 Å². The molecule has 0 saturated carbocycles. The van der Waals surface area contributed by atoms with E-state index in [1.807, 2.05) is 6.07 Å². The van der Waals surface area contributed by atoms with Crippen molar-refractivity contribution in [2.24, 2.45) is 4.99 Å². The largest absolute Gasteiger partial charge is 0.350 e. The number of amidine groups is 1. The molecule has 3 heteroatoms. The highest BCUT2D eigenvalue weighted by Crippen LogP contribution is 2.52. The fourth-order valence-electron chi connectivity index (χ4n) is 7.10. The second kappa shape index (κ2) is 11.0. The van der Waals surface area contributed by atoms with Gasteiger partial charge in [0.1, 0.15) is 18.2 Å². The third-order valence-electron chi connectivity index (χ3n) is 9.41. The maximum atomic E-state index is 5.22. The molecule has 2 aliphatic rings. The van der Waals surface area contributed by atoms with Gasteiger partial charge >= 0.3 is 0 Å². The fourth-order valence-corrected chi connectivity index (χ4v) is 7.10. The van der Waals surface area contributed by atoms with E-state index in [2.05, 4.69) is 170 Å². The Balaban J connectivity index is 1.18. The van der Waals surface area contributed by atoms with E-state index in [1.54, 1.807) is 0 Å². The van der Waals surface area contributed by atoms with Crippen LogP contribution in [0.1, 0.15) is 54.0 Å². The van der Waals surface area contributed by atoms with Crippen molar-refractivity contribution in [1.82, 2.24) is 10.6 Å². The van der Waals surface area contributed by atoms with Gasteiger partial charge in [0.25, 0.3) is 0 Å². The lowest BCUT2D eigenvalue weighted by Gasteiger charge is -2.33. The molecule has 0 saturated heterocycles. The number of hydrogen-bond acceptors (Lipinski definition) is 3. The Bertz CT molecular complexity index is 2030. The quantitative estimate of drug-likeness (QED) is 0.213. The van der Waals surface area contributed by atoms with E-state index in [9.17, 15) is 0 Å². The predicted octanol–water partition coefficient (Wildman–Crippen LogP) is 9.66. The van der Waals surface area contributed by atoms with Crippen molar-refractivity contribution in [3.8, 4) is 33.4 Å². The van der Waals surface area contributed by atoms with Crippen molar-refractivity contribution in [2.75, 3.05) is 0 Å². The van der Waals surface area contributed by atoms with Crippen molar-refractivity contribution < 1.29 is 0 Å². The van der Waals surface area contributed by atoms with Crippen molar-refractivity contribution in [3.63, 3.8) is 0 Å². The van der Waals surface area contributed by atoms with E-state index in [0.29, 0.717) is 0 Å². The van der Waals surface area contributed by atoms with Gasteiger partial charge in [-0.15, -0.1) is 0 Å². The van der Waals surface area contributed by atoms with E-state index < -0.39 is 0 Å². The molecule has 0 spiro atoms. The molecule has 0 bridgehead atoms. The maximum absolute atomic E-state index is 5.22. The standard InChI is InChI=1S/C42H35N3/c1-42(2)36-22-12-11-20-35(36)38-33(21-13-23-37(38)42)29-26-24-28(25-27-29)32-18-9-10-19-34(32)41-44-39(30-14-5-3-6-15-30)43-40(45-41)31-16-7-4-8-17-31/h3-27,39,41,44H,1-2H3,(H,43,45). The minimum Gasteiger partial charge on any atom is -0.350 e. The first-order valence-corrected chi connectivity index (χ1v) is 15.7. The third kappa shape index (κ3) is 4.77. The SMILES string of the molecule is CC1(C)c2ccccc2-c2c(-c3ccc(-c4ccccc4C4N=C(c5ccccc5)NC(c5ccccc5)N4)cc3)cccc21. The number of hydrogen-bond donors (Lipinski definition) is 2. The molecule has 218 valence electrons. The molecule has 6 aromatic carbocycles. The number of nitrogens with one attached hydrogen (secondary N) is 2. The van der Waals surface area contributed by atoms with Crippen LogP contribution in [0.25, 0.3) is 33.4 Å². The molecule has 0 aromatic heterocycles. The Morgan fingerprint density at radius 1 is 0.511 bits per heavy atom. The normalized spacial score (nSPS) is 18.0. The van der Waals surface area contributed by atoms with Crippen LogP contribution in [0.5, 0.6) is 0 Å². The molecular weight excluding hydrogens is 546 g/mol. The molecule has 2 atom stereocenters. The second-order valence-corrected chi connectivity index (χ2v) is 12.5. The highest BCUT2D eigenvalue weighted by atomic mass is 15.3. The van der Waals surface area contributed by atoms with E-state index >= 15 is 0 Å². The number of nitrogens with zero attached hydrogens (tertiary/aromatic N) is 1. The number of benzene rings is 6. The zero-order chi connectivity index (χ0) is 30.4. The predicted molar refractivity (Wildman–Crippen MR) is 186 cm³/mol. The molecule has 6 aromatic rings. The fraction of sp³-hybridized carbons (Fsp3) is 0.119. The van der Waals surface area contributed by atoms with Crippen LogP contribution < -0.4 is 10.6 Å². The van der Waals surface area contributed by atoms with Crippen LogP contribution in [0.15, 0.2) is 157 Å². The average molecular weight is 582 g/mol. The van der Waals surface area contributed by atoms with E-state index in [1.165, 1.54) is 50.1 Å². The summed E-state index contributed by atoms with van der Waals surface area (Å²) >= 11 is 0. The molecule has 3 nitrogen and oxygen atoms in total. The Kier molecular flexibility index (Phi) is 6.70. The maximum Gasteiger partial charge on any atom is 0.131 e. The van der Waals surface area contributed by atoms with Crippen LogP contribution in [-0.2, 0) is 5.41 Å². The van der Waals surface area contributed by atoms with Crippen LogP contribution in [0, 0.1) is 0 Å². The minimum absolute atomic E-state index is 0.0145. The number of rotatable bonds is 5. The summed E-state index contributed by atoms with van der Waals surface area (Å²) in [7, 11) is 0. The highest BCUT2D eigenvalue weighted by Gasteiger charge is 2.36. The minimum atomic E-state index is -0.223. The van der Waals surface area contributed by atoms with Crippen molar-refractivity contribution in [3.05, 3.63) is 179 Å². The number of fused-ring (bicyclic) bond motifs is 3. The Morgan fingerprint density at radius 2 is 1.09 bits per heavy atom. The van der Waals surface area contributed by atoms with Crippen LogP contribution >= 0.6 is 0 Å². The molecule has 0 amide bonds. The summed E-state index contributed by atoms with van der Waals surface area (Å²) in [5.41, 5.74) is 13.8. The summed E-state index contributed by atoms with van der Waals surface area (Å²) in [5.74, 6) is 0.888. The monoisotopic (exact) mass is 581 g/mol. The van der Waals surface area contributed by atoms with Gasteiger partial charge in [-0.25, -0.2) is 4.99 Å². The Morgan fingerprint density at radius 3 is 1.84 bits per heavy atom. The summed E-state index contributed by atoms with van der Waals surface area (Å²) in [6.07, 6.45) is -0.301. The zero-order valence-electron chi connectivity index (χ0n) is 25.5. The van der Waals surface area contributed by atoms with Gasteiger partial charge < -0.3 is 5.32 Å². The van der Waals surface area contributed by atoms with Crippen molar-refractivity contribution in [2.45, 2.75) is 31.6 Å². The molecule has 2 unspecified atom stereocenters. The average Bonchev–Trinajstić information content (AvgIpc) is 3.35. The lowest BCUT2D eigenvalue weighted by molar-refractivity contribution is 0.409.